The minimum absolute atomic E-state index is 0.202. The van der Waals surface area contributed by atoms with Crippen LogP contribution in [0.15, 0.2) is 36.4 Å². The quantitative estimate of drug-likeness (QED) is 0.541. The van der Waals surface area contributed by atoms with Gasteiger partial charge in [0.1, 0.15) is 5.52 Å². The van der Waals surface area contributed by atoms with Gasteiger partial charge in [-0.15, -0.1) is 0 Å². The predicted molar refractivity (Wildman–Crippen MR) is 111 cm³/mol. The lowest BCUT2D eigenvalue weighted by molar-refractivity contribution is 0.0985. The van der Waals surface area contributed by atoms with E-state index in [0.29, 0.717) is 44.4 Å². The molecule has 0 saturated carbocycles. The summed E-state index contributed by atoms with van der Waals surface area (Å²) in [5.74, 6) is -0.202. The Balaban J connectivity index is 2.03. The predicted octanol–water partition coefficient (Wildman–Crippen LogP) is 5.46. The first-order valence-corrected chi connectivity index (χ1v) is 9.78. The molecule has 0 unspecified atom stereocenters. The lowest BCUT2D eigenvalue weighted by atomic mass is 10.2. The summed E-state index contributed by atoms with van der Waals surface area (Å²) in [6.07, 6.45) is 0. The second-order valence-electron chi connectivity index (χ2n) is 6.00. The zero-order valence-corrected chi connectivity index (χ0v) is 17.3. The van der Waals surface area contributed by atoms with Gasteiger partial charge in [-0.05, 0) is 44.4 Å². The van der Waals surface area contributed by atoms with Gasteiger partial charge in [0.15, 0.2) is 5.13 Å². The fraction of sp³-hybridized carbons (Fsp3) is 0.222. The maximum atomic E-state index is 13.1. The normalized spacial score (nSPS) is 11.3. The first-order valence-electron chi connectivity index (χ1n) is 7.83. The van der Waals surface area contributed by atoms with Crippen LogP contribution in [0.1, 0.15) is 10.4 Å². The smallest absolute Gasteiger partial charge is 0.260 e. The molecule has 136 valence electrons. The maximum absolute atomic E-state index is 13.1. The highest BCUT2D eigenvalue weighted by molar-refractivity contribution is 7.22. The molecule has 0 aliphatic carbocycles. The van der Waals surface area contributed by atoms with Crippen LogP contribution in [-0.2, 0) is 0 Å². The Morgan fingerprint density at radius 1 is 1.08 bits per heavy atom. The Labute approximate surface area is 170 Å². The van der Waals surface area contributed by atoms with E-state index in [0.717, 1.165) is 4.70 Å². The molecule has 1 aromatic heterocycles. The molecule has 0 N–H and O–H groups in total. The van der Waals surface area contributed by atoms with Gasteiger partial charge in [0, 0.05) is 28.7 Å². The summed E-state index contributed by atoms with van der Waals surface area (Å²) < 4.78 is 0.930. The van der Waals surface area contributed by atoms with Crippen molar-refractivity contribution >= 4 is 67.4 Å². The van der Waals surface area contributed by atoms with Crippen molar-refractivity contribution < 1.29 is 4.79 Å². The summed E-state index contributed by atoms with van der Waals surface area (Å²) in [6, 6.07) is 10.4. The first kappa shape index (κ1) is 19.4. The number of fused-ring (bicyclic) bond motifs is 1. The molecule has 0 fully saturated rings. The van der Waals surface area contributed by atoms with E-state index >= 15 is 0 Å². The molecule has 0 aliphatic heterocycles. The molecule has 4 nitrogen and oxygen atoms in total. The van der Waals surface area contributed by atoms with Crippen LogP contribution < -0.4 is 4.90 Å². The number of hydrogen-bond acceptors (Lipinski definition) is 4. The average molecular weight is 429 g/mol. The minimum atomic E-state index is -0.202. The van der Waals surface area contributed by atoms with Gasteiger partial charge in [0.25, 0.3) is 5.91 Å². The molecule has 0 bridgehead atoms. The highest BCUT2D eigenvalue weighted by atomic mass is 35.5. The van der Waals surface area contributed by atoms with Crippen molar-refractivity contribution in [3.8, 4) is 0 Å². The average Bonchev–Trinajstić information content (AvgIpc) is 2.99. The maximum Gasteiger partial charge on any atom is 0.260 e. The van der Waals surface area contributed by atoms with E-state index in [9.17, 15) is 4.79 Å². The van der Waals surface area contributed by atoms with Gasteiger partial charge in [-0.25, -0.2) is 4.98 Å². The van der Waals surface area contributed by atoms with E-state index in [1.165, 1.54) is 11.3 Å². The van der Waals surface area contributed by atoms with Crippen molar-refractivity contribution in [2.24, 2.45) is 0 Å². The summed E-state index contributed by atoms with van der Waals surface area (Å²) >= 11 is 19.8. The van der Waals surface area contributed by atoms with Crippen LogP contribution in [0.4, 0.5) is 5.13 Å². The van der Waals surface area contributed by atoms with E-state index in [2.05, 4.69) is 4.98 Å². The van der Waals surface area contributed by atoms with Crippen molar-refractivity contribution in [3.05, 3.63) is 57.0 Å². The molecule has 3 aromatic rings. The number of carbonyl (C=O) groups is 1. The van der Waals surface area contributed by atoms with Crippen LogP contribution in [0.2, 0.25) is 15.1 Å². The monoisotopic (exact) mass is 427 g/mol. The highest BCUT2D eigenvalue weighted by Crippen LogP contribution is 2.33. The molecule has 26 heavy (non-hydrogen) atoms. The standard InChI is InChI=1S/C18H16Cl3N3OS/c1-23(2)6-7-24(17(25)11-8-12(19)10-13(20)9-11)18-22-16-14(21)4-3-5-15(16)26-18/h3-5,8-10H,6-7H2,1-2H3. The van der Waals surface area contributed by atoms with Crippen molar-refractivity contribution in [1.29, 1.82) is 0 Å². The molecule has 1 heterocycles. The number of anilines is 1. The van der Waals surface area contributed by atoms with Gasteiger partial charge in [-0.2, -0.15) is 0 Å². The Hall–Kier alpha value is -1.37. The summed E-state index contributed by atoms with van der Waals surface area (Å²) in [6.45, 7) is 1.16. The zero-order chi connectivity index (χ0) is 18.8. The van der Waals surface area contributed by atoms with Crippen LogP contribution in [0, 0.1) is 0 Å². The number of hydrogen-bond donors (Lipinski definition) is 0. The molecule has 0 aliphatic rings. The van der Waals surface area contributed by atoms with Crippen LogP contribution in [-0.4, -0.2) is 43.0 Å². The van der Waals surface area contributed by atoms with E-state index < -0.39 is 0 Å². The molecule has 2 aromatic carbocycles. The molecule has 3 rings (SSSR count). The van der Waals surface area contributed by atoms with Crippen molar-refractivity contribution in [2.75, 3.05) is 32.1 Å². The third-order valence-electron chi connectivity index (χ3n) is 3.71. The van der Waals surface area contributed by atoms with Gasteiger partial charge in [0.2, 0.25) is 0 Å². The fourth-order valence-corrected chi connectivity index (χ4v) is 4.25. The van der Waals surface area contributed by atoms with E-state index in [-0.39, 0.29) is 5.91 Å². The summed E-state index contributed by atoms with van der Waals surface area (Å²) in [5.41, 5.74) is 1.12. The number of likely N-dealkylation sites (N-methyl/N-ethyl adjacent to an activating group) is 1. The number of aromatic nitrogens is 1. The number of rotatable bonds is 5. The highest BCUT2D eigenvalue weighted by Gasteiger charge is 2.22. The summed E-state index contributed by atoms with van der Waals surface area (Å²) in [7, 11) is 3.91. The summed E-state index contributed by atoms with van der Waals surface area (Å²) in [5, 5.41) is 1.99. The van der Waals surface area contributed by atoms with Gasteiger partial charge in [-0.1, -0.05) is 52.2 Å². The lowest BCUT2D eigenvalue weighted by Gasteiger charge is -2.22. The third kappa shape index (κ3) is 4.30. The van der Waals surface area contributed by atoms with Crippen molar-refractivity contribution in [1.82, 2.24) is 9.88 Å². The third-order valence-corrected chi connectivity index (χ3v) is 5.50. The Bertz CT molecular complexity index is 938. The Kier molecular flexibility index (Phi) is 6.05. The number of thiazole rings is 1. The second-order valence-corrected chi connectivity index (χ2v) is 8.29. The van der Waals surface area contributed by atoms with E-state index in [1.807, 2.05) is 31.1 Å². The van der Waals surface area contributed by atoms with Crippen LogP contribution >= 0.6 is 46.1 Å². The van der Waals surface area contributed by atoms with Gasteiger partial charge < -0.3 is 4.90 Å². The molecular formula is C18H16Cl3N3OS. The van der Waals surface area contributed by atoms with Gasteiger partial charge in [-0.3, -0.25) is 9.69 Å². The minimum Gasteiger partial charge on any atom is -0.308 e. The second kappa shape index (κ2) is 8.11. The van der Waals surface area contributed by atoms with Crippen molar-refractivity contribution in [3.63, 3.8) is 0 Å². The topological polar surface area (TPSA) is 36.4 Å². The molecule has 1 amide bonds. The molecular weight excluding hydrogens is 413 g/mol. The number of benzene rings is 2. The fourth-order valence-electron chi connectivity index (χ4n) is 2.44. The molecule has 8 heteroatoms. The zero-order valence-electron chi connectivity index (χ0n) is 14.2. The molecule has 0 spiro atoms. The van der Waals surface area contributed by atoms with Crippen LogP contribution in [0.25, 0.3) is 10.2 Å². The number of carbonyl (C=O) groups excluding carboxylic acids is 1. The number of amides is 1. The molecule has 0 saturated heterocycles. The first-order chi connectivity index (χ1) is 12.3. The van der Waals surface area contributed by atoms with E-state index in [1.54, 1.807) is 29.2 Å². The molecule has 0 radical (unpaired) electrons. The largest absolute Gasteiger partial charge is 0.308 e. The van der Waals surface area contributed by atoms with Crippen LogP contribution in [0.3, 0.4) is 0 Å². The van der Waals surface area contributed by atoms with Crippen LogP contribution in [0.5, 0.6) is 0 Å². The van der Waals surface area contributed by atoms with Gasteiger partial charge in [0.05, 0.1) is 9.72 Å². The number of nitrogens with zero attached hydrogens (tertiary/aromatic N) is 3. The Morgan fingerprint density at radius 2 is 1.77 bits per heavy atom. The van der Waals surface area contributed by atoms with Crippen molar-refractivity contribution in [2.45, 2.75) is 0 Å². The SMILES string of the molecule is CN(C)CCN(C(=O)c1cc(Cl)cc(Cl)c1)c1nc2c(Cl)cccc2s1. The number of halogens is 3. The lowest BCUT2D eigenvalue weighted by Crippen LogP contribution is -2.36. The number of para-hydroxylation sites is 1. The van der Waals surface area contributed by atoms with E-state index in [4.69, 9.17) is 34.8 Å². The Morgan fingerprint density at radius 3 is 2.38 bits per heavy atom. The summed E-state index contributed by atoms with van der Waals surface area (Å²) in [4.78, 5) is 21.4. The molecule has 0 atom stereocenters. The van der Waals surface area contributed by atoms with Gasteiger partial charge >= 0.3 is 0 Å².